The van der Waals surface area contributed by atoms with E-state index in [2.05, 4.69) is 25.9 Å². The van der Waals surface area contributed by atoms with Crippen LogP contribution in [0.4, 0.5) is 10.7 Å². The standard InChI is InChI=1S/C26H28N6O3S/c1-16-21(31-24(35-16)17-5-3-2-4-6-17)12-14-27-18-7-9-19(10-8-18)29-25-28-13-11-20(30-25)15-22-23(33)32-26(34)36-22/h2-6,11,13,15,18-19,27H,7-10,12,14H2,1H3,(H,28,29,30)(H,32,33,34)/b22-15-. The van der Waals surface area contributed by atoms with Crippen LogP contribution in [0.2, 0.25) is 0 Å². The summed E-state index contributed by atoms with van der Waals surface area (Å²) in [4.78, 5) is 37.0. The highest BCUT2D eigenvalue weighted by atomic mass is 32.2. The lowest BCUT2D eigenvalue weighted by atomic mass is 9.91. The second kappa shape index (κ2) is 11.0. The van der Waals surface area contributed by atoms with E-state index < -0.39 is 0 Å². The molecular formula is C26H28N6O3S. The van der Waals surface area contributed by atoms with Gasteiger partial charge in [-0.1, -0.05) is 18.2 Å². The van der Waals surface area contributed by atoms with Crippen molar-refractivity contribution < 1.29 is 14.0 Å². The summed E-state index contributed by atoms with van der Waals surface area (Å²) < 4.78 is 5.87. The average Bonchev–Trinajstić information content (AvgIpc) is 3.41. The van der Waals surface area contributed by atoms with Crippen molar-refractivity contribution in [3.8, 4) is 11.5 Å². The minimum absolute atomic E-state index is 0.294. The number of rotatable bonds is 8. The van der Waals surface area contributed by atoms with Crippen LogP contribution >= 0.6 is 11.8 Å². The molecule has 10 heteroatoms. The number of amides is 2. The van der Waals surface area contributed by atoms with Crippen molar-refractivity contribution in [2.45, 2.75) is 51.1 Å². The fourth-order valence-electron chi connectivity index (χ4n) is 4.46. The van der Waals surface area contributed by atoms with E-state index in [-0.39, 0.29) is 11.1 Å². The largest absolute Gasteiger partial charge is 0.441 e. The molecule has 2 amide bonds. The molecule has 9 nitrogen and oxygen atoms in total. The third-order valence-electron chi connectivity index (χ3n) is 6.37. The normalized spacial score (nSPS) is 21.1. The van der Waals surface area contributed by atoms with Crippen molar-refractivity contribution in [1.29, 1.82) is 0 Å². The molecule has 1 aliphatic carbocycles. The van der Waals surface area contributed by atoms with E-state index in [1.54, 1.807) is 18.3 Å². The smallest absolute Gasteiger partial charge is 0.290 e. The van der Waals surface area contributed by atoms with Gasteiger partial charge in [-0.15, -0.1) is 0 Å². The second-order valence-corrected chi connectivity index (χ2v) is 9.96. The molecular weight excluding hydrogens is 476 g/mol. The number of benzene rings is 1. The predicted molar refractivity (Wildman–Crippen MR) is 139 cm³/mol. The van der Waals surface area contributed by atoms with Gasteiger partial charge in [-0.3, -0.25) is 14.9 Å². The number of aryl methyl sites for hydroxylation is 1. The lowest BCUT2D eigenvalue weighted by Crippen LogP contribution is -2.38. The Kier molecular flexibility index (Phi) is 7.43. The van der Waals surface area contributed by atoms with Crippen LogP contribution in [0, 0.1) is 6.92 Å². The van der Waals surface area contributed by atoms with Crippen LogP contribution < -0.4 is 16.0 Å². The molecule has 3 N–H and O–H groups in total. The second-order valence-electron chi connectivity index (χ2n) is 8.94. The van der Waals surface area contributed by atoms with E-state index in [4.69, 9.17) is 9.40 Å². The molecule has 2 aromatic heterocycles. The fourth-order valence-corrected chi connectivity index (χ4v) is 5.13. The van der Waals surface area contributed by atoms with Gasteiger partial charge >= 0.3 is 0 Å². The summed E-state index contributed by atoms with van der Waals surface area (Å²) >= 11 is 0.881. The molecule has 1 aliphatic heterocycles. The zero-order valence-electron chi connectivity index (χ0n) is 20.0. The first kappa shape index (κ1) is 24.2. The summed E-state index contributed by atoms with van der Waals surface area (Å²) in [6.45, 7) is 2.83. The van der Waals surface area contributed by atoms with Crippen LogP contribution in [0.1, 0.15) is 42.8 Å². The van der Waals surface area contributed by atoms with E-state index in [1.807, 2.05) is 37.3 Å². The first-order chi connectivity index (χ1) is 17.5. The Hall–Kier alpha value is -3.50. The van der Waals surface area contributed by atoms with Gasteiger partial charge in [0.1, 0.15) is 5.76 Å². The van der Waals surface area contributed by atoms with E-state index in [0.717, 1.165) is 67.4 Å². The van der Waals surface area contributed by atoms with Crippen LogP contribution in [0.5, 0.6) is 0 Å². The molecule has 2 fully saturated rings. The predicted octanol–water partition coefficient (Wildman–Crippen LogP) is 4.32. The highest BCUT2D eigenvalue weighted by molar-refractivity contribution is 8.18. The number of aromatic nitrogens is 3. The van der Waals surface area contributed by atoms with E-state index in [0.29, 0.717) is 34.5 Å². The van der Waals surface area contributed by atoms with Crippen LogP contribution in [-0.2, 0) is 11.2 Å². The molecule has 1 aromatic carbocycles. The summed E-state index contributed by atoms with van der Waals surface area (Å²) in [5, 5.41) is 8.98. The molecule has 0 spiro atoms. The quantitative estimate of drug-likeness (QED) is 0.385. The summed E-state index contributed by atoms with van der Waals surface area (Å²) in [7, 11) is 0. The summed E-state index contributed by atoms with van der Waals surface area (Å²) in [5.74, 6) is 1.70. The molecule has 0 bridgehead atoms. The van der Waals surface area contributed by atoms with Crippen molar-refractivity contribution in [1.82, 2.24) is 25.6 Å². The molecule has 0 radical (unpaired) electrons. The van der Waals surface area contributed by atoms with Crippen LogP contribution in [0.3, 0.4) is 0 Å². The van der Waals surface area contributed by atoms with Crippen molar-refractivity contribution in [3.05, 3.63) is 64.6 Å². The van der Waals surface area contributed by atoms with Crippen LogP contribution in [-0.4, -0.2) is 44.7 Å². The van der Waals surface area contributed by atoms with Gasteiger partial charge in [0.2, 0.25) is 11.8 Å². The van der Waals surface area contributed by atoms with Crippen molar-refractivity contribution in [3.63, 3.8) is 0 Å². The van der Waals surface area contributed by atoms with Gasteiger partial charge in [0.15, 0.2) is 0 Å². The molecule has 186 valence electrons. The van der Waals surface area contributed by atoms with Gasteiger partial charge in [-0.2, -0.15) is 0 Å². The summed E-state index contributed by atoms with van der Waals surface area (Å²) in [5.41, 5.74) is 2.59. The van der Waals surface area contributed by atoms with Gasteiger partial charge in [-0.05, 0) is 68.6 Å². The number of hydrogen-bond donors (Lipinski definition) is 3. The zero-order valence-corrected chi connectivity index (χ0v) is 20.8. The topological polar surface area (TPSA) is 122 Å². The Morgan fingerprint density at radius 3 is 2.61 bits per heavy atom. The molecule has 3 aromatic rings. The Bertz CT molecular complexity index is 1270. The lowest BCUT2D eigenvalue weighted by molar-refractivity contribution is -0.115. The van der Waals surface area contributed by atoms with Crippen LogP contribution in [0.25, 0.3) is 17.5 Å². The Balaban J connectivity index is 1.07. The van der Waals surface area contributed by atoms with E-state index in [9.17, 15) is 9.59 Å². The Morgan fingerprint density at radius 1 is 1.08 bits per heavy atom. The molecule has 36 heavy (non-hydrogen) atoms. The summed E-state index contributed by atoms with van der Waals surface area (Å²) in [6, 6.07) is 12.5. The third-order valence-corrected chi connectivity index (χ3v) is 7.18. The molecule has 0 atom stereocenters. The van der Waals surface area contributed by atoms with Gasteiger partial charge in [0, 0.05) is 36.8 Å². The average molecular weight is 505 g/mol. The first-order valence-corrected chi connectivity index (χ1v) is 12.9. The molecule has 5 rings (SSSR count). The first-order valence-electron chi connectivity index (χ1n) is 12.1. The number of nitrogens with zero attached hydrogens (tertiary/aromatic N) is 3. The Labute approximate surface area is 213 Å². The fraction of sp³-hybridized carbons (Fsp3) is 0.346. The lowest BCUT2D eigenvalue weighted by Gasteiger charge is -2.29. The highest BCUT2D eigenvalue weighted by Gasteiger charge is 2.25. The number of carbonyl (C=O) groups is 2. The highest BCUT2D eigenvalue weighted by Crippen LogP contribution is 2.26. The molecule has 3 heterocycles. The van der Waals surface area contributed by atoms with E-state index >= 15 is 0 Å². The van der Waals surface area contributed by atoms with E-state index in [1.165, 1.54) is 0 Å². The maximum absolute atomic E-state index is 11.8. The Morgan fingerprint density at radius 2 is 1.86 bits per heavy atom. The number of nitrogens with one attached hydrogen (secondary N) is 3. The number of thioether (sulfide) groups is 1. The minimum atomic E-state index is -0.390. The SMILES string of the molecule is Cc1oc(-c2ccccc2)nc1CCNC1CCC(Nc2nccc(/C=C3\SC(=O)NC3=O)n2)CC1. The number of anilines is 1. The third kappa shape index (κ3) is 6.00. The number of hydrogen-bond acceptors (Lipinski definition) is 9. The summed E-state index contributed by atoms with van der Waals surface area (Å²) in [6.07, 6.45) is 8.25. The molecule has 2 aliphatic rings. The van der Waals surface area contributed by atoms with Crippen LogP contribution in [0.15, 0.2) is 51.9 Å². The monoisotopic (exact) mass is 504 g/mol. The van der Waals surface area contributed by atoms with Crippen molar-refractivity contribution >= 4 is 34.9 Å². The minimum Gasteiger partial charge on any atom is -0.441 e. The molecule has 1 saturated carbocycles. The number of oxazole rings is 1. The van der Waals surface area contributed by atoms with Gasteiger partial charge in [0.05, 0.1) is 16.3 Å². The van der Waals surface area contributed by atoms with Gasteiger partial charge in [-0.25, -0.2) is 15.0 Å². The van der Waals surface area contributed by atoms with Gasteiger partial charge in [0.25, 0.3) is 11.1 Å². The van der Waals surface area contributed by atoms with Gasteiger partial charge < -0.3 is 15.1 Å². The molecule has 0 unspecified atom stereocenters. The van der Waals surface area contributed by atoms with Crippen molar-refractivity contribution in [2.24, 2.45) is 0 Å². The maximum atomic E-state index is 11.8. The molecule has 1 saturated heterocycles. The number of imide groups is 1. The maximum Gasteiger partial charge on any atom is 0.290 e. The number of carbonyl (C=O) groups excluding carboxylic acids is 2. The van der Waals surface area contributed by atoms with Crippen molar-refractivity contribution in [2.75, 3.05) is 11.9 Å². The zero-order chi connectivity index (χ0) is 24.9.